The average molecular weight is 288 g/mol. The van der Waals surface area contributed by atoms with Gasteiger partial charge in [-0.15, -0.1) is 0 Å². The monoisotopic (exact) mass is 288 g/mol. The summed E-state index contributed by atoms with van der Waals surface area (Å²) in [6.07, 6.45) is 7.54. The molecule has 4 nitrogen and oxygen atoms in total. The third-order valence-corrected chi connectivity index (χ3v) is 5.31. The molecule has 1 saturated carbocycles. The number of non-ortho nitro benzene ring substituents is 1. The number of nitro benzene ring substituents is 1. The molecule has 0 bridgehead atoms. The number of fused-ring (bicyclic) bond motifs is 1. The molecule has 0 saturated heterocycles. The Kier molecular flexibility index (Phi) is 3.74. The van der Waals surface area contributed by atoms with E-state index in [9.17, 15) is 10.1 Å². The van der Waals surface area contributed by atoms with Gasteiger partial charge in [0.05, 0.1) is 4.92 Å². The van der Waals surface area contributed by atoms with Gasteiger partial charge < -0.3 is 5.32 Å². The molecule has 1 N–H and O–H groups in total. The summed E-state index contributed by atoms with van der Waals surface area (Å²) >= 11 is 0. The Morgan fingerprint density at radius 2 is 1.90 bits per heavy atom. The largest absolute Gasteiger partial charge is 0.305 e. The second-order valence-electron chi connectivity index (χ2n) is 6.88. The van der Waals surface area contributed by atoms with Crippen molar-refractivity contribution in [2.45, 2.75) is 69.9 Å². The van der Waals surface area contributed by atoms with E-state index in [0.29, 0.717) is 5.92 Å². The Bertz CT molecular complexity index is 550. The van der Waals surface area contributed by atoms with Gasteiger partial charge in [-0.2, -0.15) is 0 Å². The van der Waals surface area contributed by atoms with Crippen molar-refractivity contribution in [1.82, 2.24) is 5.32 Å². The van der Waals surface area contributed by atoms with E-state index in [1.165, 1.54) is 37.7 Å². The molecular formula is C17H24N2O2. The smallest absolute Gasteiger partial charge is 0.269 e. The van der Waals surface area contributed by atoms with Gasteiger partial charge in [-0.25, -0.2) is 0 Å². The Labute approximate surface area is 126 Å². The van der Waals surface area contributed by atoms with Crippen LogP contribution in [0, 0.1) is 10.1 Å². The molecule has 0 aromatic heterocycles. The Hall–Kier alpha value is -1.42. The summed E-state index contributed by atoms with van der Waals surface area (Å²) in [5.41, 5.74) is 2.82. The van der Waals surface area contributed by atoms with Crippen molar-refractivity contribution in [2.24, 2.45) is 0 Å². The number of hydrogen-bond acceptors (Lipinski definition) is 3. The zero-order valence-electron chi connectivity index (χ0n) is 12.9. The zero-order chi connectivity index (χ0) is 15.0. The quantitative estimate of drug-likeness (QED) is 0.613. The first-order valence-electron chi connectivity index (χ1n) is 8.07. The van der Waals surface area contributed by atoms with Crippen LogP contribution in [0.4, 0.5) is 5.69 Å². The highest BCUT2D eigenvalue weighted by Crippen LogP contribution is 2.43. The lowest BCUT2D eigenvalue weighted by Gasteiger charge is -2.40. The van der Waals surface area contributed by atoms with E-state index in [1.807, 2.05) is 6.07 Å². The van der Waals surface area contributed by atoms with Crippen molar-refractivity contribution in [3.63, 3.8) is 0 Å². The minimum atomic E-state index is -0.293. The van der Waals surface area contributed by atoms with Crippen LogP contribution in [0.5, 0.6) is 0 Å². The molecule has 4 heteroatoms. The van der Waals surface area contributed by atoms with Crippen LogP contribution in [0.1, 0.15) is 75.5 Å². The molecule has 1 spiro atoms. The topological polar surface area (TPSA) is 55.2 Å². The molecule has 2 aliphatic rings. The number of hydrogen-bond donors (Lipinski definition) is 1. The Balaban J connectivity index is 1.98. The minimum absolute atomic E-state index is 0.183. The summed E-state index contributed by atoms with van der Waals surface area (Å²) in [6, 6.07) is 5.58. The van der Waals surface area contributed by atoms with Gasteiger partial charge >= 0.3 is 0 Å². The predicted molar refractivity (Wildman–Crippen MR) is 83.5 cm³/mol. The van der Waals surface area contributed by atoms with Gasteiger partial charge in [-0.3, -0.25) is 10.1 Å². The van der Waals surface area contributed by atoms with Crippen LogP contribution in [0.25, 0.3) is 0 Å². The molecule has 1 aliphatic carbocycles. The third-order valence-electron chi connectivity index (χ3n) is 5.31. The van der Waals surface area contributed by atoms with E-state index < -0.39 is 0 Å². The van der Waals surface area contributed by atoms with Crippen molar-refractivity contribution < 1.29 is 4.92 Å². The second kappa shape index (κ2) is 5.41. The van der Waals surface area contributed by atoms with Crippen molar-refractivity contribution >= 4 is 5.69 Å². The van der Waals surface area contributed by atoms with Crippen LogP contribution >= 0.6 is 0 Å². The van der Waals surface area contributed by atoms with Crippen LogP contribution in [0.3, 0.4) is 0 Å². The molecule has 3 rings (SSSR count). The fourth-order valence-corrected chi connectivity index (χ4v) is 4.37. The molecule has 114 valence electrons. The van der Waals surface area contributed by atoms with Crippen molar-refractivity contribution in [3.8, 4) is 0 Å². The number of rotatable bonds is 1. The fourth-order valence-electron chi connectivity index (χ4n) is 4.37. The van der Waals surface area contributed by atoms with Crippen molar-refractivity contribution in [1.29, 1.82) is 0 Å². The van der Waals surface area contributed by atoms with E-state index in [0.717, 1.165) is 12.0 Å². The SMILES string of the molecule is CC1CC2(CCCCC2)NC(C)c2cc([N+](=O)[O-])ccc21. The molecule has 1 aliphatic heterocycles. The number of benzene rings is 1. The Morgan fingerprint density at radius 1 is 1.19 bits per heavy atom. The maximum absolute atomic E-state index is 11.0. The van der Waals surface area contributed by atoms with Crippen molar-refractivity contribution in [2.75, 3.05) is 0 Å². The van der Waals surface area contributed by atoms with Crippen LogP contribution in [-0.4, -0.2) is 10.5 Å². The summed E-state index contributed by atoms with van der Waals surface area (Å²) < 4.78 is 0. The molecule has 1 fully saturated rings. The lowest BCUT2D eigenvalue weighted by molar-refractivity contribution is -0.385. The summed E-state index contributed by atoms with van der Waals surface area (Å²) in [6.45, 7) is 4.41. The van der Waals surface area contributed by atoms with Gasteiger partial charge in [-0.1, -0.05) is 32.3 Å². The highest BCUT2D eigenvalue weighted by Gasteiger charge is 2.38. The summed E-state index contributed by atoms with van der Waals surface area (Å²) in [4.78, 5) is 10.7. The molecule has 1 aromatic carbocycles. The van der Waals surface area contributed by atoms with Crippen LogP contribution in [-0.2, 0) is 0 Å². The van der Waals surface area contributed by atoms with Crippen LogP contribution in [0.2, 0.25) is 0 Å². The fraction of sp³-hybridized carbons (Fsp3) is 0.647. The number of nitrogens with zero attached hydrogens (tertiary/aromatic N) is 1. The lowest BCUT2D eigenvalue weighted by atomic mass is 9.75. The van der Waals surface area contributed by atoms with Gasteiger partial charge in [0.1, 0.15) is 0 Å². The van der Waals surface area contributed by atoms with Gasteiger partial charge in [0.2, 0.25) is 0 Å². The van der Waals surface area contributed by atoms with Crippen LogP contribution in [0.15, 0.2) is 18.2 Å². The average Bonchev–Trinajstić information content (AvgIpc) is 2.55. The third kappa shape index (κ3) is 2.69. The number of nitro groups is 1. The first-order valence-corrected chi connectivity index (χ1v) is 8.07. The normalized spacial score (nSPS) is 27.9. The highest BCUT2D eigenvalue weighted by atomic mass is 16.6. The zero-order valence-corrected chi connectivity index (χ0v) is 12.9. The van der Waals surface area contributed by atoms with E-state index in [2.05, 4.69) is 19.2 Å². The number of nitrogens with one attached hydrogen (secondary N) is 1. The minimum Gasteiger partial charge on any atom is -0.305 e. The van der Waals surface area contributed by atoms with Gasteiger partial charge in [-0.05, 0) is 43.2 Å². The lowest BCUT2D eigenvalue weighted by Crippen LogP contribution is -2.47. The van der Waals surface area contributed by atoms with E-state index >= 15 is 0 Å². The van der Waals surface area contributed by atoms with Crippen LogP contribution < -0.4 is 5.32 Å². The van der Waals surface area contributed by atoms with Gasteiger partial charge in [0.15, 0.2) is 0 Å². The maximum Gasteiger partial charge on any atom is 0.269 e. The standard InChI is InChI=1S/C17H24N2O2/c1-12-11-17(8-4-3-5-9-17)18-13(2)16-10-14(19(20)21)6-7-15(12)16/h6-7,10,12-13,18H,3-5,8-9,11H2,1-2H3. The molecule has 2 atom stereocenters. The first-order chi connectivity index (χ1) is 10.0. The maximum atomic E-state index is 11.0. The summed E-state index contributed by atoms with van der Waals surface area (Å²) in [7, 11) is 0. The van der Waals surface area contributed by atoms with E-state index in [4.69, 9.17) is 0 Å². The highest BCUT2D eigenvalue weighted by molar-refractivity contribution is 5.44. The predicted octanol–water partition coefficient (Wildman–Crippen LogP) is 4.46. The summed E-state index contributed by atoms with van der Waals surface area (Å²) in [5, 5.41) is 14.9. The Morgan fingerprint density at radius 3 is 2.57 bits per heavy atom. The molecule has 0 amide bonds. The molecule has 0 radical (unpaired) electrons. The van der Waals surface area contributed by atoms with Crippen molar-refractivity contribution in [3.05, 3.63) is 39.4 Å². The molecule has 21 heavy (non-hydrogen) atoms. The van der Waals surface area contributed by atoms with Gasteiger partial charge in [0.25, 0.3) is 5.69 Å². The van der Waals surface area contributed by atoms with Gasteiger partial charge in [0, 0.05) is 23.7 Å². The summed E-state index contributed by atoms with van der Waals surface area (Å²) in [5.74, 6) is 0.455. The molecule has 1 aromatic rings. The molecular weight excluding hydrogens is 264 g/mol. The van der Waals surface area contributed by atoms with E-state index in [-0.39, 0.29) is 22.2 Å². The second-order valence-corrected chi connectivity index (χ2v) is 6.88. The van der Waals surface area contributed by atoms with E-state index in [1.54, 1.807) is 12.1 Å². The molecule has 1 heterocycles. The first kappa shape index (κ1) is 14.5. The molecule has 2 unspecified atom stereocenters.